The van der Waals surface area contributed by atoms with E-state index in [1.165, 1.54) is 0 Å². The number of ether oxygens (including phenoxy) is 1. The Morgan fingerprint density at radius 2 is 1.89 bits per heavy atom. The highest BCUT2D eigenvalue weighted by molar-refractivity contribution is 5.80. The number of carbonyl (C=O) groups is 1. The summed E-state index contributed by atoms with van der Waals surface area (Å²) in [6.07, 6.45) is 0. The first-order valence-corrected chi connectivity index (χ1v) is 10.8. The summed E-state index contributed by atoms with van der Waals surface area (Å²) >= 11 is 0. The first-order valence-electron chi connectivity index (χ1n) is 10.8. The van der Waals surface area contributed by atoms with Gasteiger partial charge in [-0.3, -0.25) is 19.6 Å². The number of carbonyl (C=O) groups excluding carboxylic acids is 1. The van der Waals surface area contributed by atoms with Crippen LogP contribution in [-0.2, 0) is 9.53 Å². The van der Waals surface area contributed by atoms with Gasteiger partial charge in [-0.25, -0.2) is 0 Å². The highest BCUT2D eigenvalue weighted by atomic mass is 16.5. The third-order valence-electron chi connectivity index (χ3n) is 5.31. The van der Waals surface area contributed by atoms with E-state index >= 15 is 0 Å². The lowest BCUT2D eigenvalue weighted by atomic mass is 10.2. The number of morpholine rings is 1. The highest BCUT2D eigenvalue weighted by Gasteiger charge is 2.25. The van der Waals surface area contributed by atoms with Crippen LogP contribution in [0.4, 0.5) is 0 Å². The molecule has 28 heavy (non-hydrogen) atoms. The van der Waals surface area contributed by atoms with Crippen LogP contribution in [0.25, 0.3) is 0 Å². The van der Waals surface area contributed by atoms with Crippen molar-refractivity contribution in [3.63, 3.8) is 0 Å². The van der Waals surface area contributed by atoms with Crippen molar-refractivity contribution in [3.05, 3.63) is 0 Å². The van der Waals surface area contributed by atoms with Gasteiger partial charge in [-0.2, -0.15) is 0 Å². The topological polar surface area (TPSA) is 72.4 Å². The Morgan fingerprint density at radius 3 is 2.50 bits per heavy atom. The number of nitrogens with one attached hydrogen (secondary N) is 2. The van der Waals surface area contributed by atoms with Crippen LogP contribution in [0.1, 0.15) is 34.6 Å². The van der Waals surface area contributed by atoms with Gasteiger partial charge in [0, 0.05) is 57.4 Å². The molecule has 0 spiro atoms. The Balaban J connectivity index is 1.84. The van der Waals surface area contributed by atoms with E-state index in [4.69, 9.17) is 9.73 Å². The Morgan fingerprint density at radius 1 is 1.18 bits per heavy atom. The molecule has 0 aromatic rings. The lowest BCUT2D eigenvalue weighted by molar-refractivity contribution is -0.123. The van der Waals surface area contributed by atoms with E-state index in [-0.39, 0.29) is 11.9 Å². The predicted molar refractivity (Wildman–Crippen MR) is 114 cm³/mol. The molecule has 2 unspecified atom stereocenters. The fourth-order valence-electron chi connectivity index (χ4n) is 3.83. The normalized spacial score (nSPS) is 23.7. The van der Waals surface area contributed by atoms with E-state index in [0.29, 0.717) is 18.6 Å². The van der Waals surface area contributed by atoms with Gasteiger partial charge < -0.3 is 20.3 Å². The average molecular weight is 397 g/mol. The molecule has 0 aliphatic carbocycles. The zero-order valence-electron chi connectivity index (χ0n) is 18.4. The summed E-state index contributed by atoms with van der Waals surface area (Å²) in [4.78, 5) is 23.9. The molecule has 0 bridgehead atoms. The lowest BCUT2D eigenvalue weighted by Gasteiger charge is -2.38. The molecule has 0 saturated carbocycles. The van der Waals surface area contributed by atoms with Crippen molar-refractivity contribution in [1.82, 2.24) is 25.3 Å². The molecule has 2 atom stereocenters. The van der Waals surface area contributed by atoms with E-state index in [9.17, 15) is 4.79 Å². The molecule has 0 aromatic carbocycles. The fraction of sp³-hybridized carbons (Fsp3) is 0.900. The quantitative estimate of drug-likeness (QED) is 0.473. The van der Waals surface area contributed by atoms with Crippen LogP contribution in [0.3, 0.4) is 0 Å². The molecule has 2 rings (SSSR count). The molecule has 0 aromatic heterocycles. The Bertz CT molecular complexity index is 505. The van der Waals surface area contributed by atoms with E-state index < -0.39 is 0 Å². The van der Waals surface area contributed by atoms with Crippen molar-refractivity contribution in [3.8, 4) is 0 Å². The van der Waals surface area contributed by atoms with Crippen LogP contribution in [0, 0.1) is 0 Å². The number of rotatable bonds is 7. The number of hydrogen-bond acceptors (Lipinski definition) is 5. The summed E-state index contributed by atoms with van der Waals surface area (Å²) in [6.45, 7) is 18.8. The van der Waals surface area contributed by atoms with E-state index in [1.54, 1.807) is 0 Å². The molecular weight excluding hydrogens is 356 g/mol. The van der Waals surface area contributed by atoms with Crippen LogP contribution in [0.2, 0.25) is 0 Å². The van der Waals surface area contributed by atoms with Crippen molar-refractivity contribution in [2.75, 3.05) is 65.6 Å². The molecular formula is C20H40N6O2. The summed E-state index contributed by atoms with van der Waals surface area (Å²) in [5.41, 5.74) is 0. The number of guanidine groups is 1. The second kappa shape index (κ2) is 11.6. The van der Waals surface area contributed by atoms with E-state index in [1.807, 2.05) is 13.8 Å². The standard InChI is InChI=1S/C20H40N6O2/c1-6-21-20(22-13-17(4)26-11-12-28-15-18(26)5)25-9-7-24(8-10-25)14-19(27)23-16(2)3/h16-18H,6-15H2,1-5H3,(H,21,22)(H,23,27). The summed E-state index contributed by atoms with van der Waals surface area (Å²) < 4.78 is 5.55. The number of aliphatic imine (C=N–C) groups is 1. The van der Waals surface area contributed by atoms with Gasteiger partial charge in [0.1, 0.15) is 0 Å². The second-order valence-corrected chi connectivity index (χ2v) is 8.19. The van der Waals surface area contributed by atoms with Gasteiger partial charge in [-0.15, -0.1) is 0 Å². The molecule has 8 nitrogen and oxygen atoms in total. The molecule has 8 heteroatoms. The Hall–Kier alpha value is -1.38. The zero-order valence-corrected chi connectivity index (χ0v) is 18.4. The minimum Gasteiger partial charge on any atom is -0.379 e. The minimum atomic E-state index is 0.109. The molecule has 2 fully saturated rings. The Kier molecular flexibility index (Phi) is 9.47. The molecule has 2 heterocycles. The minimum absolute atomic E-state index is 0.109. The molecule has 162 valence electrons. The summed E-state index contributed by atoms with van der Waals surface area (Å²) in [6, 6.07) is 1.04. The van der Waals surface area contributed by atoms with Crippen LogP contribution in [0.15, 0.2) is 4.99 Å². The van der Waals surface area contributed by atoms with Gasteiger partial charge in [0.05, 0.1) is 26.3 Å². The molecule has 2 aliphatic rings. The van der Waals surface area contributed by atoms with Crippen molar-refractivity contribution < 1.29 is 9.53 Å². The molecule has 2 N–H and O–H groups in total. The SMILES string of the molecule is CCNC(=NCC(C)N1CCOCC1C)N1CCN(CC(=O)NC(C)C)CC1. The summed E-state index contributed by atoms with van der Waals surface area (Å²) in [7, 11) is 0. The van der Waals surface area contributed by atoms with Crippen molar-refractivity contribution >= 4 is 11.9 Å². The maximum absolute atomic E-state index is 12.0. The number of piperazine rings is 1. The first kappa shape index (κ1) is 22.9. The molecule has 2 saturated heterocycles. The van der Waals surface area contributed by atoms with E-state index in [2.05, 4.69) is 46.1 Å². The number of amides is 1. The maximum atomic E-state index is 12.0. The van der Waals surface area contributed by atoms with Gasteiger partial charge >= 0.3 is 0 Å². The zero-order chi connectivity index (χ0) is 20.5. The van der Waals surface area contributed by atoms with Gasteiger partial charge in [0.15, 0.2) is 5.96 Å². The first-order chi connectivity index (χ1) is 13.4. The third kappa shape index (κ3) is 7.22. The van der Waals surface area contributed by atoms with Crippen molar-refractivity contribution in [2.45, 2.75) is 52.7 Å². The smallest absolute Gasteiger partial charge is 0.234 e. The van der Waals surface area contributed by atoms with Gasteiger partial charge in [0.2, 0.25) is 5.91 Å². The highest BCUT2D eigenvalue weighted by Crippen LogP contribution is 2.11. The van der Waals surface area contributed by atoms with Crippen LogP contribution in [0.5, 0.6) is 0 Å². The monoisotopic (exact) mass is 396 g/mol. The second-order valence-electron chi connectivity index (χ2n) is 8.19. The molecule has 1 amide bonds. The van der Waals surface area contributed by atoms with Crippen molar-refractivity contribution in [1.29, 1.82) is 0 Å². The average Bonchev–Trinajstić information content (AvgIpc) is 2.65. The summed E-state index contributed by atoms with van der Waals surface area (Å²) in [5.74, 6) is 1.10. The number of nitrogens with zero attached hydrogens (tertiary/aromatic N) is 4. The summed E-state index contributed by atoms with van der Waals surface area (Å²) in [5, 5.41) is 6.41. The van der Waals surface area contributed by atoms with Gasteiger partial charge in [-0.05, 0) is 34.6 Å². The van der Waals surface area contributed by atoms with Gasteiger partial charge in [0.25, 0.3) is 0 Å². The van der Waals surface area contributed by atoms with Crippen LogP contribution in [-0.4, -0.2) is 110 Å². The van der Waals surface area contributed by atoms with Crippen LogP contribution >= 0.6 is 0 Å². The number of hydrogen-bond donors (Lipinski definition) is 2. The molecule has 2 aliphatic heterocycles. The predicted octanol–water partition coefficient (Wildman–Crippen LogP) is 0.203. The third-order valence-corrected chi connectivity index (χ3v) is 5.31. The van der Waals surface area contributed by atoms with Crippen LogP contribution < -0.4 is 10.6 Å². The largest absolute Gasteiger partial charge is 0.379 e. The van der Waals surface area contributed by atoms with Crippen molar-refractivity contribution in [2.24, 2.45) is 4.99 Å². The van der Waals surface area contributed by atoms with E-state index in [0.717, 1.165) is 65.0 Å². The molecule has 0 radical (unpaired) electrons. The fourth-order valence-corrected chi connectivity index (χ4v) is 3.83. The maximum Gasteiger partial charge on any atom is 0.234 e. The van der Waals surface area contributed by atoms with Gasteiger partial charge in [-0.1, -0.05) is 0 Å². The lowest BCUT2D eigenvalue weighted by Crippen LogP contribution is -2.54. The Labute approximate surface area is 170 Å².